The van der Waals surface area contributed by atoms with Gasteiger partial charge in [0.1, 0.15) is 9.90 Å². The molecule has 2 aromatic heterocycles. The summed E-state index contributed by atoms with van der Waals surface area (Å²) in [4.78, 5) is 2.06. The summed E-state index contributed by atoms with van der Waals surface area (Å²) in [7, 11) is -1.77. The lowest BCUT2D eigenvalue weighted by Gasteiger charge is -2.03. The first-order chi connectivity index (χ1) is 9.46. The molecule has 9 heteroatoms. The molecule has 0 aliphatic carbocycles. The summed E-state index contributed by atoms with van der Waals surface area (Å²) in [5, 5.41) is 11.9. The van der Waals surface area contributed by atoms with Crippen molar-refractivity contribution in [2.75, 3.05) is 11.8 Å². The lowest BCUT2D eigenvalue weighted by Crippen LogP contribution is -2.13. The van der Waals surface area contributed by atoms with E-state index in [0.717, 1.165) is 21.2 Å². The van der Waals surface area contributed by atoms with Crippen LogP contribution in [0.5, 0.6) is 0 Å². The van der Waals surface area contributed by atoms with Crippen LogP contribution < -0.4 is 10.0 Å². The molecule has 0 aliphatic rings. The van der Waals surface area contributed by atoms with E-state index in [1.807, 2.05) is 14.0 Å². The molecule has 110 valence electrons. The third kappa shape index (κ3) is 3.35. The number of hydrogen-bond acceptors (Lipinski definition) is 7. The van der Waals surface area contributed by atoms with Crippen molar-refractivity contribution in [3.63, 3.8) is 0 Å². The van der Waals surface area contributed by atoms with Crippen LogP contribution in [0.1, 0.15) is 21.7 Å². The Morgan fingerprint density at radius 3 is 2.65 bits per heavy atom. The predicted octanol–water partition coefficient (Wildman–Crippen LogP) is 1.99. The minimum Gasteiger partial charge on any atom is -0.315 e. The Morgan fingerprint density at radius 2 is 2.05 bits per heavy atom. The van der Waals surface area contributed by atoms with E-state index in [1.165, 1.54) is 22.7 Å². The molecule has 20 heavy (non-hydrogen) atoms. The molecule has 0 amide bonds. The van der Waals surface area contributed by atoms with E-state index >= 15 is 0 Å². The van der Waals surface area contributed by atoms with Gasteiger partial charge < -0.3 is 5.32 Å². The van der Waals surface area contributed by atoms with Crippen LogP contribution in [0.3, 0.4) is 0 Å². The molecule has 2 heterocycles. The number of aromatic nitrogens is 2. The molecule has 2 aromatic rings. The molecule has 0 fully saturated rings. The van der Waals surface area contributed by atoms with Gasteiger partial charge in [0.15, 0.2) is 0 Å². The minimum atomic E-state index is -3.60. The summed E-state index contributed by atoms with van der Waals surface area (Å²) >= 11 is 2.73. The van der Waals surface area contributed by atoms with E-state index in [-0.39, 0.29) is 0 Å². The highest BCUT2D eigenvalue weighted by molar-refractivity contribution is 7.93. The summed E-state index contributed by atoms with van der Waals surface area (Å²) in [6.45, 7) is 4.40. The quantitative estimate of drug-likeness (QED) is 0.845. The second-order valence-corrected chi connectivity index (χ2v) is 8.18. The molecule has 0 radical (unpaired) electrons. The summed E-state index contributed by atoms with van der Waals surface area (Å²) in [5.41, 5.74) is 0. The topological polar surface area (TPSA) is 84.0 Å². The van der Waals surface area contributed by atoms with Crippen LogP contribution in [0, 0.1) is 6.92 Å². The van der Waals surface area contributed by atoms with Gasteiger partial charge in [-0.15, -0.1) is 21.5 Å². The van der Waals surface area contributed by atoms with Crippen molar-refractivity contribution in [1.82, 2.24) is 15.5 Å². The molecular weight excluding hydrogens is 316 g/mol. The first kappa shape index (κ1) is 15.4. The van der Waals surface area contributed by atoms with Crippen molar-refractivity contribution in [2.24, 2.45) is 0 Å². The first-order valence-corrected chi connectivity index (χ1v) is 9.17. The molecule has 0 spiro atoms. The number of thiophene rings is 1. The van der Waals surface area contributed by atoms with Gasteiger partial charge in [0, 0.05) is 16.3 Å². The van der Waals surface area contributed by atoms with Crippen molar-refractivity contribution < 1.29 is 8.42 Å². The number of anilines is 1. The maximum atomic E-state index is 12.4. The zero-order valence-corrected chi connectivity index (χ0v) is 13.9. The molecule has 0 saturated carbocycles. The zero-order chi connectivity index (χ0) is 14.8. The zero-order valence-electron chi connectivity index (χ0n) is 11.4. The van der Waals surface area contributed by atoms with Crippen LogP contribution in [-0.2, 0) is 23.0 Å². The fourth-order valence-corrected chi connectivity index (χ4v) is 5.22. The third-order valence-corrected chi connectivity index (χ3v) is 6.31. The Labute approximate surface area is 126 Å². The summed E-state index contributed by atoms with van der Waals surface area (Å²) in [6, 6.07) is 1.70. The van der Waals surface area contributed by atoms with Crippen LogP contribution in [0.25, 0.3) is 0 Å². The van der Waals surface area contributed by atoms with Gasteiger partial charge in [0.2, 0.25) is 5.13 Å². The fraction of sp³-hybridized carbons (Fsp3) is 0.455. The number of hydrogen-bond donors (Lipinski definition) is 2. The normalized spacial score (nSPS) is 11.8. The maximum Gasteiger partial charge on any atom is 0.264 e. The van der Waals surface area contributed by atoms with Gasteiger partial charge >= 0.3 is 0 Å². The molecule has 0 saturated heterocycles. The highest BCUT2D eigenvalue weighted by Crippen LogP contribution is 2.28. The highest BCUT2D eigenvalue weighted by atomic mass is 32.2. The van der Waals surface area contributed by atoms with Gasteiger partial charge in [-0.25, -0.2) is 8.42 Å². The fourth-order valence-electron chi connectivity index (χ4n) is 1.66. The molecular formula is C11H16N4O2S3. The third-order valence-electron chi connectivity index (χ3n) is 2.55. The van der Waals surface area contributed by atoms with E-state index in [0.29, 0.717) is 16.6 Å². The molecule has 0 aromatic carbocycles. The SMILES string of the molecule is CCc1nnc(NS(=O)(=O)c2cc(CNC)sc2C)s1. The monoisotopic (exact) mass is 332 g/mol. The highest BCUT2D eigenvalue weighted by Gasteiger charge is 2.21. The van der Waals surface area contributed by atoms with Crippen LogP contribution in [0.15, 0.2) is 11.0 Å². The van der Waals surface area contributed by atoms with Crippen LogP contribution >= 0.6 is 22.7 Å². The lowest BCUT2D eigenvalue weighted by molar-refractivity contribution is 0.601. The van der Waals surface area contributed by atoms with Crippen LogP contribution in [-0.4, -0.2) is 25.7 Å². The number of nitrogens with one attached hydrogen (secondary N) is 2. The Hall–Kier alpha value is -1.03. The van der Waals surface area contributed by atoms with E-state index in [9.17, 15) is 8.42 Å². The molecule has 2 rings (SSSR count). The van der Waals surface area contributed by atoms with Crippen LogP contribution in [0.4, 0.5) is 5.13 Å². The molecule has 0 bridgehead atoms. The second kappa shape index (κ2) is 6.17. The summed E-state index contributed by atoms with van der Waals surface area (Å²) < 4.78 is 27.2. The minimum absolute atomic E-state index is 0.306. The predicted molar refractivity (Wildman–Crippen MR) is 81.9 cm³/mol. The average molecular weight is 332 g/mol. The molecule has 6 nitrogen and oxygen atoms in total. The molecule has 0 unspecified atom stereocenters. The standard InChI is InChI=1S/C11H16N4O2S3/c1-4-10-13-14-11(19-10)15-20(16,17)9-5-8(6-12-3)18-7(9)2/h5,12H,4,6H2,1-3H3,(H,14,15). The van der Waals surface area contributed by atoms with Crippen molar-refractivity contribution >= 4 is 37.8 Å². The van der Waals surface area contributed by atoms with Crippen molar-refractivity contribution in [3.05, 3.63) is 20.8 Å². The van der Waals surface area contributed by atoms with Gasteiger partial charge in [-0.3, -0.25) is 4.72 Å². The van der Waals surface area contributed by atoms with Crippen molar-refractivity contribution in [3.8, 4) is 0 Å². The Kier molecular flexibility index (Phi) is 4.74. The number of sulfonamides is 1. The first-order valence-electron chi connectivity index (χ1n) is 6.05. The Bertz CT molecular complexity index is 690. The second-order valence-electron chi connectivity index (χ2n) is 4.12. The summed E-state index contributed by atoms with van der Waals surface area (Å²) in [5.74, 6) is 0. The Balaban J connectivity index is 2.25. The molecule has 0 aliphatic heterocycles. The summed E-state index contributed by atoms with van der Waals surface area (Å²) in [6.07, 6.45) is 0.739. The van der Waals surface area contributed by atoms with E-state index in [4.69, 9.17) is 0 Å². The molecule has 0 atom stereocenters. The number of aryl methyl sites for hydroxylation is 2. The smallest absolute Gasteiger partial charge is 0.264 e. The van der Waals surface area contributed by atoms with Crippen molar-refractivity contribution in [1.29, 1.82) is 0 Å². The van der Waals surface area contributed by atoms with Crippen LogP contribution in [0.2, 0.25) is 0 Å². The van der Waals surface area contributed by atoms with E-state index in [2.05, 4.69) is 20.2 Å². The van der Waals surface area contributed by atoms with E-state index in [1.54, 1.807) is 13.0 Å². The van der Waals surface area contributed by atoms with Crippen molar-refractivity contribution in [2.45, 2.75) is 31.7 Å². The van der Waals surface area contributed by atoms with Gasteiger partial charge in [-0.1, -0.05) is 18.3 Å². The number of nitrogens with zero attached hydrogens (tertiary/aromatic N) is 2. The average Bonchev–Trinajstić information content (AvgIpc) is 2.96. The van der Waals surface area contributed by atoms with Gasteiger partial charge in [0.25, 0.3) is 10.0 Å². The van der Waals surface area contributed by atoms with Gasteiger partial charge in [-0.2, -0.15) is 0 Å². The van der Waals surface area contributed by atoms with Gasteiger partial charge in [-0.05, 0) is 26.5 Å². The molecule has 2 N–H and O–H groups in total. The Morgan fingerprint density at radius 1 is 1.30 bits per heavy atom. The van der Waals surface area contributed by atoms with E-state index < -0.39 is 10.0 Å². The van der Waals surface area contributed by atoms with Gasteiger partial charge in [0.05, 0.1) is 0 Å². The lowest BCUT2D eigenvalue weighted by atomic mass is 10.4. The largest absolute Gasteiger partial charge is 0.315 e. The number of rotatable bonds is 6. The maximum absolute atomic E-state index is 12.4.